The summed E-state index contributed by atoms with van der Waals surface area (Å²) in [6, 6.07) is 10.6. The van der Waals surface area contributed by atoms with Gasteiger partial charge in [0.2, 0.25) is 0 Å². The second kappa shape index (κ2) is 6.48. The van der Waals surface area contributed by atoms with E-state index in [9.17, 15) is 8.78 Å². The van der Waals surface area contributed by atoms with Crippen molar-refractivity contribution in [3.63, 3.8) is 0 Å². The van der Waals surface area contributed by atoms with E-state index in [-0.39, 0.29) is 18.2 Å². The zero-order valence-corrected chi connectivity index (χ0v) is 11.3. The van der Waals surface area contributed by atoms with Gasteiger partial charge in [-0.15, -0.1) is 0 Å². The van der Waals surface area contributed by atoms with Gasteiger partial charge in [-0.3, -0.25) is 0 Å². The maximum Gasteiger partial charge on any atom is 0.130 e. The summed E-state index contributed by atoms with van der Waals surface area (Å²) < 4.78 is 31.9. The molecule has 0 aliphatic rings. The van der Waals surface area contributed by atoms with E-state index >= 15 is 0 Å². The molecule has 0 saturated carbocycles. The molecule has 0 radical (unpaired) electrons. The second-order valence-electron chi connectivity index (χ2n) is 4.61. The molecule has 0 aromatic heterocycles. The van der Waals surface area contributed by atoms with Crippen LogP contribution in [0.1, 0.15) is 30.5 Å². The van der Waals surface area contributed by atoms with Crippen LogP contribution in [0, 0.1) is 11.6 Å². The smallest absolute Gasteiger partial charge is 0.130 e. The van der Waals surface area contributed by atoms with Crippen LogP contribution in [0.15, 0.2) is 42.5 Å². The van der Waals surface area contributed by atoms with Gasteiger partial charge < -0.3 is 10.5 Å². The highest BCUT2D eigenvalue weighted by Crippen LogP contribution is 2.20. The van der Waals surface area contributed by atoms with Crippen LogP contribution in [-0.2, 0) is 6.61 Å². The molecule has 0 bridgehead atoms. The lowest BCUT2D eigenvalue weighted by Crippen LogP contribution is -2.08. The van der Waals surface area contributed by atoms with Gasteiger partial charge in [-0.05, 0) is 42.3 Å². The predicted molar refractivity (Wildman–Crippen MR) is 74.4 cm³/mol. The Balaban J connectivity index is 2.02. The summed E-state index contributed by atoms with van der Waals surface area (Å²) in [6.07, 6.45) is 0.856. The molecule has 0 unspecified atom stereocenters. The normalized spacial score (nSPS) is 12.2. The van der Waals surface area contributed by atoms with Gasteiger partial charge in [-0.25, -0.2) is 8.78 Å². The van der Waals surface area contributed by atoms with Crippen LogP contribution in [-0.4, -0.2) is 0 Å². The van der Waals surface area contributed by atoms with Crippen LogP contribution in [0.3, 0.4) is 0 Å². The zero-order chi connectivity index (χ0) is 14.5. The highest BCUT2D eigenvalue weighted by molar-refractivity contribution is 5.29. The molecule has 2 aromatic carbocycles. The predicted octanol–water partition coefficient (Wildman–Crippen LogP) is 3.95. The van der Waals surface area contributed by atoms with Crippen LogP contribution in [0.4, 0.5) is 8.78 Å². The Hall–Kier alpha value is -1.94. The van der Waals surface area contributed by atoms with Gasteiger partial charge in [0.05, 0.1) is 0 Å². The minimum atomic E-state index is -0.478. The number of rotatable bonds is 5. The lowest BCUT2D eigenvalue weighted by Gasteiger charge is -2.11. The third-order valence-electron chi connectivity index (χ3n) is 3.15. The Kier molecular flexibility index (Phi) is 4.69. The molecule has 4 heteroatoms. The molecule has 106 valence electrons. The standard InChI is InChI=1S/C16H17F2NO/c1-2-16(19)11-3-6-14(7-4-11)20-10-12-9-13(17)5-8-15(12)18/h3-9,16H,2,10,19H2,1H3/t16-/m0/s1. The number of nitrogens with two attached hydrogens (primary N) is 1. The van der Waals surface area contributed by atoms with Crippen molar-refractivity contribution in [1.29, 1.82) is 0 Å². The Morgan fingerprint density at radius 3 is 2.45 bits per heavy atom. The van der Waals surface area contributed by atoms with Gasteiger partial charge in [0.15, 0.2) is 0 Å². The first-order valence-corrected chi connectivity index (χ1v) is 6.52. The van der Waals surface area contributed by atoms with Crippen LogP contribution < -0.4 is 10.5 Å². The monoisotopic (exact) mass is 277 g/mol. The van der Waals surface area contributed by atoms with E-state index in [0.29, 0.717) is 5.75 Å². The SMILES string of the molecule is CC[C@H](N)c1ccc(OCc2cc(F)ccc2F)cc1. The first-order valence-electron chi connectivity index (χ1n) is 6.52. The Morgan fingerprint density at radius 2 is 1.80 bits per heavy atom. The minimum Gasteiger partial charge on any atom is -0.489 e. The molecule has 0 heterocycles. The van der Waals surface area contributed by atoms with E-state index in [2.05, 4.69) is 0 Å². The third kappa shape index (κ3) is 3.54. The molecular weight excluding hydrogens is 260 g/mol. The van der Waals surface area contributed by atoms with Crippen molar-refractivity contribution in [3.8, 4) is 5.75 Å². The van der Waals surface area contributed by atoms with Crippen molar-refractivity contribution >= 4 is 0 Å². The quantitative estimate of drug-likeness (QED) is 0.898. The molecule has 0 saturated heterocycles. The number of ether oxygens (including phenoxy) is 1. The maximum absolute atomic E-state index is 13.4. The van der Waals surface area contributed by atoms with Gasteiger partial charge in [0.1, 0.15) is 24.0 Å². The molecule has 0 fully saturated rings. The lowest BCUT2D eigenvalue weighted by atomic mass is 10.1. The van der Waals surface area contributed by atoms with E-state index < -0.39 is 11.6 Å². The summed E-state index contributed by atoms with van der Waals surface area (Å²) >= 11 is 0. The van der Waals surface area contributed by atoms with E-state index in [0.717, 1.165) is 30.2 Å². The van der Waals surface area contributed by atoms with Gasteiger partial charge >= 0.3 is 0 Å². The Labute approximate surface area is 117 Å². The van der Waals surface area contributed by atoms with Crippen LogP contribution >= 0.6 is 0 Å². The first kappa shape index (κ1) is 14.5. The molecule has 0 aliphatic carbocycles. The average molecular weight is 277 g/mol. The highest BCUT2D eigenvalue weighted by Gasteiger charge is 2.06. The van der Waals surface area contributed by atoms with E-state index in [4.69, 9.17) is 10.5 Å². The van der Waals surface area contributed by atoms with Crippen LogP contribution in [0.2, 0.25) is 0 Å². The van der Waals surface area contributed by atoms with Gasteiger partial charge in [-0.1, -0.05) is 19.1 Å². The van der Waals surface area contributed by atoms with Crippen molar-refractivity contribution in [2.45, 2.75) is 26.0 Å². The fourth-order valence-corrected chi connectivity index (χ4v) is 1.86. The molecule has 1 atom stereocenters. The van der Waals surface area contributed by atoms with Crippen molar-refractivity contribution < 1.29 is 13.5 Å². The van der Waals surface area contributed by atoms with E-state index in [1.165, 1.54) is 0 Å². The molecule has 0 amide bonds. The molecule has 20 heavy (non-hydrogen) atoms. The molecule has 2 N–H and O–H groups in total. The summed E-state index contributed by atoms with van der Waals surface area (Å²) in [4.78, 5) is 0. The summed E-state index contributed by atoms with van der Waals surface area (Å²) in [5.41, 5.74) is 7.13. The zero-order valence-electron chi connectivity index (χ0n) is 11.3. The highest BCUT2D eigenvalue weighted by atomic mass is 19.1. The summed E-state index contributed by atoms with van der Waals surface area (Å²) in [6.45, 7) is 2.00. The Morgan fingerprint density at radius 1 is 1.10 bits per heavy atom. The topological polar surface area (TPSA) is 35.2 Å². The largest absolute Gasteiger partial charge is 0.489 e. The fourth-order valence-electron chi connectivity index (χ4n) is 1.86. The minimum absolute atomic E-state index is 0.00436. The van der Waals surface area contributed by atoms with Crippen molar-refractivity contribution in [2.75, 3.05) is 0 Å². The van der Waals surface area contributed by atoms with Gasteiger partial charge in [-0.2, -0.15) is 0 Å². The van der Waals surface area contributed by atoms with Gasteiger partial charge in [0.25, 0.3) is 0 Å². The second-order valence-corrected chi connectivity index (χ2v) is 4.61. The van der Waals surface area contributed by atoms with Crippen LogP contribution in [0.25, 0.3) is 0 Å². The van der Waals surface area contributed by atoms with Crippen molar-refractivity contribution in [2.24, 2.45) is 5.73 Å². The number of halogens is 2. The average Bonchev–Trinajstić information content (AvgIpc) is 2.48. The molecule has 2 nitrogen and oxygen atoms in total. The number of benzene rings is 2. The number of hydrogen-bond donors (Lipinski definition) is 1. The summed E-state index contributed by atoms with van der Waals surface area (Å²) in [5.74, 6) is -0.356. The third-order valence-corrected chi connectivity index (χ3v) is 3.15. The molecule has 2 aromatic rings. The molecule has 2 rings (SSSR count). The van der Waals surface area contributed by atoms with E-state index in [1.807, 2.05) is 19.1 Å². The lowest BCUT2D eigenvalue weighted by molar-refractivity contribution is 0.299. The molecule has 0 spiro atoms. The summed E-state index contributed by atoms with van der Waals surface area (Å²) in [5, 5.41) is 0. The van der Waals surface area contributed by atoms with E-state index in [1.54, 1.807) is 12.1 Å². The fraction of sp³-hybridized carbons (Fsp3) is 0.250. The van der Waals surface area contributed by atoms with Crippen molar-refractivity contribution in [3.05, 3.63) is 65.2 Å². The molecular formula is C16H17F2NO. The summed E-state index contributed by atoms with van der Waals surface area (Å²) in [7, 11) is 0. The Bertz CT molecular complexity index is 569. The maximum atomic E-state index is 13.4. The molecule has 0 aliphatic heterocycles. The number of hydrogen-bond acceptors (Lipinski definition) is 2. The van der Waals surface area contributed by atoms with Crippen molar-refractivity contribution in [1.82, 2.24) is 0 Å². The van der Waals surface area contributed by atoms with Gasteiger partial charge in [0, 0.05) is 11.6 Å². The van der Waals surface area contributed by atoms with Crippen LogP contribution in [0.5, 0.6) is 5.75 Å². The first-order chi connectivity index (χ1) is 9.60.